The quantitative estimate of drug-likeness (QED) is 0.806. The molecule has 0 aliphatic carbocycles. The van der Waals surface area contributed by atoms with Gasteiger partial charge < -0.3 is 15.2 Å². The van der Waals surface area contributed by atoms with Gasteiger partial charge in [0, 0.05) is 12.0 Å². The molecule has 0 bridgehead atoms. The Hall–Kier alpha value is -2.74. The van der Waals surface area contributed by atoms with Crippen LogP contribution in [0.25, 0.3) is 0 Å². The molecule has 27 heavy (non-hydrogen) atoms. The van der Waals surface area contributed by atoms with E-state index in [0.29, 0.717) is 6.07 Å². The third-order valence-electron chi connectivity index (χ3n) is 4.15. The molecule has 1 heterocycles. The number of aromatic carboxylic acids is 1. The van der Waals surface area contributed by atoms with Crippen molar-refractivity contribution in [3.63, 3.8) is 0 Å². The van der Waals surface area contributed by atoms with Gasteiger partial charge in [-0.15, -0.1) is 0 Å². The first kappa shape index (κ1) is 19.0. The Labute approximate surface area is 156 Å². The molecule has 0 spiro atoms. The van der Waals surface area contributed by atoms with E-state index in [0.717, 1.165) is 6.07 Å². The molecule has 1 amide bonds. The highest BCUT2D eigenvalue weighted by atomic mass is 35.5. The molecule has 0 fully saturated rings. The minimum Gasteiger partial charge on any atom is -0.493 e. The van der Waals surface area contributed by atoms with E-state index < -0.39 is 35.2 Å². The lowest BCUT2D eigenvalue weighted by atomic mass is 9.94. The van der Waals surface area contributed by atoms with Crippen molar-refractivity contribution >= 4 is 23.5 Å². The normalized spacial score (nSPS) is 16.2. The summed E-state index contributed by atoms with van der Waals surface area (Å²) in [4.78, 5) is 23.8. The highest BCUT2D eigenvalue weighted by Crippen LogP contribution is 2.40. The SMILES string of the molecule is O=C(N[C@@H]1CCOc2cc(C(F)(F)F)c(C(=O)O)cc21)c1ccccc1Cl. The van der Waals surface area contributed by atoms with Gasteiger partial charge in [-0.05, 0) is 24.3 Å². The largest absolute Gasteiger partial charge is 0.493 e. The van der Waals surface area contributed by atoms with Crippen molar-refractivity contribution in [1.29, 1.82) is 0 Å². The van der Waals surface area contributed by atoms with Crippen molar-refractivity contribution in [2.24, 2.45) is 0 Å². The first-order valence-electron chi connectivity index (χ1n) is 7.85. The van der Waals surface area contributed by atoms with E-state index in [1.54, 1.807) is 12.1 Å². The summed E-state index contributed by atoms with van der Waals surface area (Å²) in [5, 5.41) is 12.1. The molecular weight excluding hydrogens is 387 g/mol. The fourth-order valence-corrected chi connectivity index (χ4v) is 3.10. The van der Waals surface area contributed by atoms with Crippen LogP contribution in [-0.4, -0.2) is 23.6 Å². The smallest absolute Gasteiger partial charge is 0.417 e. The maximum Gasteiger partial charge on any atom is 0.417 e. The monoisotopic (exact) mass is 399 g/mol. The van der Waals surface area contributed by atoms with Gasteiger partial charge in [-0.1, -0.05) is 23.7 Å². The van der Waals surface area contributed by atoms with Crippen molar-refractivity contribution in [1.82, 2.24) is 5.32 Å². The summed E-state index contributed by atoms with van der Waals surface area (Å²) in [6.45, 7) is 0.0736. The van der Waals surface area contributed by atoms with Crippen LogP contribution >= 0.6 is 11.6 Å². The van der Waals surface area contributed by atoms with E-state index in [1.165, 1.54) is 12.1 Å². The molecule has 0 unspecified atom stereocenters. The number of amides is 1. The van der Waals surface area contributed by atoms with E-state index in [2.05, 4.69) is 5.32 Å². The standard InChI is InChI=1S/C18H13ClF3NO4/c19-13-4-2-1-3-9(13)16(24)23-14-5-6-27-15-8-12(18(20,21)22)10(17(25)26)7-11(14)15/h1-4,7-8,14H,5-6H2,(H,23,24)(H,25,26)/t14-/m1/s1. The van der Waals surface area contributed by atoms with Crippen molar-refractivity contribution in [2.45, 2.75) is 18.6 Å². The van der Waals surface area contributed by atoms with Gasteiger partial charge in [0.25, 0.3) is 5.91 Å². The summed E-state index contributed by atoms with van der Waals surface area (Å²) in [5.41, 5.74) is -1.82. The molecule has 142 valence electrons. The van der Waals surface area contributed by atoms with Crippen LogP contribution in [0, 0.1) is 0 Å². The molecule has 0 saturated carbocycles. The van der Waals surface area contributed by atoms with Crippen LogP contribution in [0.1, 0.15) is 44.3 Å². The van der Waals surface area contributed by atoms with Crippen LogP contribution in [0.15, 0.2) is 36.4 Å². The molecule has 2 N–H and O–H groups in total. The Kier molecular flexibility index (Phi) is 5.01. The second-order valence-corrected chi connectivity index (χ2v) is 6.29. The molecule has 9 heteroatoms. The number of hydrogen-bond donors (Lipinski definition) is 2. The number of ether oxygens (including phenoxy) is 1. The zero-order valence-electron chi connectivity index (χ0n) is 13.6. The predicted octanol–water partition coefficient (Wildman–Crippen LogP) is 4.31. The Bertz CT molecular complexity index is 914. The summed E-state index contributed by atoms with van der Waals surface area (Å²) in [6.07, 6.45) is -4.58. The number of nitrogens with one attached hydrogen (secondary N) is 1. The van der Waals surface area contributed by atoms with Gasteiger partial charge in [0.2, 0.25) is 0 Å². The molecule has 2 aromatic rings. The van der Waals surface area contributed by atoms with E-state index in [1.807, 2.05) is 0 Å². The maximum absolute atomic E-state index is 13.1. The summed E-state index contributed by atoms with van der Waals surface area (Å²) in [5.74, 6) is -2.34. The highest BCUT2D eigenvalue weighted by Gasteiger charge is 2.38. The van der Waals surface area contributed by atoms with Crippen molar-refractivity contribution < 1.29 is 32.6 Å². The Morgan fingerprint density at radius 3 is 2.52 bits per heavy atom. The number of carboxylic acid groups (broad SMARTS) is 1. The van der Waals surface area contributed by atoms with E-state index in [-0.39, 0.29) is 34.9 Å². The molecule has 3 rings (SSSR count). The summed E-state index contributed by atoms with van der Waals surface area (Å²) < 4.78 is 44.7. The number of rotatable bonds is 3. The molecule has 1 atom stereocenters. The molecule has 0 saturated heterocycles. The number of fused-ring (bicyclic) bond motifs is 1. The minimum atomic E-state index is -4.85. The maximum atomic E-state index is 13.1. The van der Waals surface area contributed by atoms with E-state index in [9.17, 15) is 22.8 Å². The predicted molar refractivity (Wildman–Crippen MR) is 90.2 cm³/mol. The molecular formula is C18H13ClF3NO4. The van der Waals surface area contributed by atoms with Crippen molar-refractivity contribution in [3.05, 3.63) is 63.7 Å². The number of carboxylic acids is 1. The summed E-state index contributed by atoms with van der Waals surface area (Å²) in [6, 6.07) is 7.17. The second kappa shape index (κ2) is 7.11. The van der Waals surface area contributed by atoms with Crippen LogP contribution in [0.4, 0.5) is 13.2 Å². The summed E-state index contributed by atoms with van der Waals surface area (Å²) in [7, 11) is 0. The first-order valence-corrected chi connectivity index (χ1v) is 8.23. The van der Waals surface area contributed by atoms with Crippen LogP contribution in [-0.2, 0) is 6.18 Å². The molecule has 0 aromatic heterocycles. The Morgan fingerprint density at radius 1 is 1.19 bits per heavy atom. The van der Waals surface area contributed by atoms with Gasteiger partial charge in [0.15, 0.2) is 0 Å². The fraction of sp³-hybridized carbons (Fsp3) is 0.222. The highest BCUT2D eigenvalue weighted by molar-refractivity contribution is 6.33. The number of benzene rings is 2. The third-order valence-corrected chi connectivity index (χ3v) is 4.48. The zero-order valence-corrected chi connectivity index (χ0v) is 14.4. The average molecular weight is 400 g/mol. The van der Waals surface area contributed by atoms with Gasteiger partial charge in [-0.25, -0.2) is 4.79 Å². The van der Waals surface area contributed by atoms with Gasteiger partial charge in [0.1, 0.15) is 5.75 Å². The van der Waals surface area contributed by atoms with Gasteiger partial charge >= 0.3 is 12.1 Å². The van der Waals surface area contributed by atoms with Crippen molar-refractivity contribution in [3.8, 4) is 5.75 Å². The van der Waals surface area contributed by atoms with Gasteiger partial charge in [0.05, 0.1) is 34.4 Å². The number of alkyl halides is 3. The summed E-state index contributed by atoms with van der Waals surface area (Å²) >= 11 is 5.99. The average Bonchev–Trinajstić information content (AvgIpc) is 2.60. The molecule has 5 nitrogen and oxygen atoms in total. The Balaban J connectivity index is 1.99. The first-order chi connectivity index (χ1) is 12.7. The minimum absolute atomic E-state index is 0.0736. The van der Waals surface area contributed by atoms with Crippen LogP contribution in [0.2, 0.25) is 5.02 Å². The molecule has 1 aliphatic heterocycles. The zero-order chi connectivity index (χ0) is 19.8. The number of hydrogen-bond acceptors (Lipinski definition) is 3. The number of carbonyl (C=O) groups excluding carboxylic acids is 1. The van der Waals surface area contributed by atoms with Gasteiger partial charge in [-0.2, -0.15) is 13.2 Å². The number of halogens is 4. The molecule has 1 aliphatic rings. The lowest BCUT2D eigenvalue weighted by Gasteiger charge is -2.28. The third kappa shape index (κ3) is 3.85. The lowest BCUT2D eigenvalue weighted by molar-refractivity contribution is -0.138. The van der Waals surface area contributed by atoms with Crippen molar-refractivity contribution in [2.75, 3.05) is 6.61 Å². The van der Waals surface area contributed by atoms with E-state index >= 15 is 0 Å². The second-order valence-electron chi connectivity index (χ2n) is 5.88. The van der Waals surface area contributed by atoms with Gasteiger partial charge in [-0.3, -0.25) is 4.79 Å². The van der Waals surface area contributed by atoms with Crippen LogP contribution < -0.4 is 10.1 Å². The van der Waals surface area contributed by atoms with Crippen LogP contribution in [0.3, 0.4) is 0 Å². The topological polar surface area (TPSA) is 75.6 Å². The van der Waals surface area contributed by atoms with E-state index in [4.69, 9.17) is 21.4 Å². The van der Waals surface area contributed by atoms with Crippen LogP contribution in [0.5, 0.6) is 5.75 Å². The Morgan fingerprint density at radius 2 is 1.89 bits per heavy atom. The fourth-order valence-electron chi connectivity index (χ4n) is 2.88. The lowest BCUT2D eigenvalue weighted by Crippen LogP contribution is -2.33. The number of carbonyl (C=O) groups is 2. The molecule has 0 radical (unpaired) electrons. The molecule has 2 aromatic carbocycles.